The number of hydrogen-bond acceptors (Lipinski definition) is 6. The van der Waals surface area contributed by atoms with Crippen LogP contribution in [0.3, 0.4) is 0 Å². The van der Waals surface area contributed by atoms with Crippen molar-refractivity contribution in [3.05, 3.63) is 35.4 Å². The number of hydrogen-bond donors (Lipinski definition) is 3. The van der Waals surface area contributed by atoms with Crippen LogP contribution in [0, 0.1) is 0 Å². The highest BCUT2D eigenvalue weighted by molar-refractivity contribution is 14.0. The van der Waals surface area contributed by atoms with E-state index in [4.69, 9.17) is 19.2 Å². The van der Waals surface area contributed by atoms with Gasteiger partial charge in [0, 0.05) is 45.9 Å². The summed E-state index contributed by atoms with van der Waals surface area (Å²) in [6, 6.07) is 8.39. The van der Waals surface area contributed by atoms with Crippen LogP contribution in [0.4, 0.5) is 0 Å². The van der Waals surface area contributed by atoms with Crippen LogP contribution in [-0.2, 0) is 27.4 Å². The van der Waals surface area contributed by atoms with E-state index in [-0.39, 0.29) is 24.0 Å². The van der Waals surface area contributed by atoms with Crippen molar-refractivity contribution in [1.82, 2.24) is 15.5 Å². The molecule has 0 amide bonds. The quantitative estimate of drug-likeness (QED) is 0.224. The van der Waals surface area contributed by atoms with Crippen LogP contribution in [0.2, 0.25) is 0 Å². The Labute approximate surface area is 215 Å². The molecule has 1 atom stereocenters. The first-order valence-corrected chi connectivity index (χ1v) is 11.9. The zero-order valence-corrected chi connectivity index (χ0v) is 22.4. The van der Waals surface area contributed by atoms with Gasteiger partial charge in [-0.2, -0.15) is 0 Å². The molecule has 0 aliphatic carbocycles. The van der Waals surface area contributed by atoms with Gasteiger partial charge in [0.2, 0.25) is 0 Å². The minimum absolute atomic E-state index is 0. The lowest BCUT2D eigenvalue weighted by atomic mass is 10.1. The van der Waals surface area contributed by atoms with E-state index in [1.54, 1.807) is 0 Å². The van der Waals surface area contributed by atoms with Gasteiger partial charge in [-0.3, -0.25) is 4.90 Å². The summed E-state index contributed by atoms with van der Waals surface area (Å²) in [7, 11) is 0. The van der Waals surface area contributed by atoms with Gasteiger partial charge >= 0.3 is 0 Å². The molecule has 2 fully saturated rings. The topological polar surface area (TPSA) is 87.6 Å². The lowest BCUT2D eigenvalue weighted by molar-refractivity contribution is -0.0390. The molecule has 188 valence electrons. The van der Waals surface area contributed by atoms with Crippen molar-refractivity contribution in [3.8, 4) is 0 Å². The molecule has 2 aliphatic heterocycles. The zero-order valence-electron chi connectivity index (χ0n) is 20.1. The summed E-state index contributed by atoms with van der Waals surface area (Å²) in [4.78, 5) is 6.96. The number of morpholine rings is 1. The molecule has 1 aromatic rings. The van der Waals surface area contributed by atoms with Crippen LogP contribution in [0.1, 0.15) is 37.8 Å². The molecule has 0 radical (unpaired) electrons. The summed E-state index contributed by atoms with van der Waals surface area (Å²) >= 11 is 0. The van der Waals surface area contributed by atoms with Crippen molar-refractivity contribution in [2.45, 2.75) is 51.5 Å². The molecule has 33 heavy (non-hydrogen) atoms. The van der Waals surface area contributed by atoms with Crippen LogP contribution < -0.4 is 10.6 Å². The summed E-state index contributed by atoms with van der Waals surface area (Å²) in [5, 5.41) is 17.4. The average Bonchev–Trinajstić information content (AvgIpc) is 2.81. The molecule has 0 aromatic heterocycles. The van der Waals surface area contributed by atoms with Crippen molar-refractivity contribution < 1.29 is 19.3 Å². The summed E-state index contributed by atoms with van der Waals surface area (Å²) in [6.07, 6.45) is 2.23. The Morgan fingerprint density at radius 3 is 2.58 bits per heavy atom. The third-order valence-corrected chi connectivity index (χ3v) is 5.71. The number of halogens is 1. The highest BCUT2D eigenvalue weighted by atomic mass is 127. The molecule has 0 bridgehead atoms. The maximum atomic E-state index is 10.8. The van der Waals surface area contributed by atoms with Crippen LogP contribution in [0.15, 0.2) is 29.3 Å². The molecular formula is C24H41IN4O4. The zero-order chi connectivity index (χ0) is 22.7. The van der Waals surface area contributed by atoms with Gasteiger partial charge in [0.15, 0.2) is 5.96 Å². The van der Waals surface area contributed by atoms with Crippen LogP contribution in [-0.4, -0.2) is 86.8 Å². The molecule has 8 nitrogen and oxygen atoms in total. The number of guanidine groups is 1. The Morgan fingerprint density at radius 2 is 1.85 bits per heavy atom. The second-order valence-corrected chi connectivity index (χ2v) is 8.88. The Balaban J connectivity index is 0.00000385. The second-order valence-electron chi connectivity index (χ2n) is 8.88. The van der Waals surface area contributed by atoms with Crippen molar-refractivity contribution in [3.63, 3.8) is 0 Å². The van der Waals surface area contributed by atoms with Crippen LogP contribution >= 0.6 is 24.0 Å². The van der Waals surface area contributed by atoms with Gasteiger partial charge in [0.25, 0.3) is 0 Å². The highest BCUT2D eigenvalue weighted by Crippen LogP contribution is 2.15. The molecule has 2 heterocycles. The van der Waals surface area contributed by atoms with Gasteiger partial charge in [-0.15, -0.1) is 24.0 Å². The van der Waals surface area contributed by atoms with Gasteiger partial charge in [-0.1, -0.05) is 24.3 Å². The number of aliphatic hydroxyl groups is 1. The minimum Gasteiger partial charge on any atom is -0.387 e. The first-order chi connectivity index (χ1) is 15.5. The molecule has 1 aromatic carbocycles. The summed E-state index contributed by atoms with van der Waals surface area (Å²) in [6.45, 7) is 11.6. The van der Waals surface area contributed by atoms with E-state index < -0.39 is 5.60 Å². The van der Waals surface area contributed by atoms with Crippen LogP contribution in [0.5, 0.6) is 0 Å². The lowest BCUT2D eigenvalue weighted by Gasteiger charge is -2.34. The number of ether oxygens (including phenoxy) is 3. The van der Waals surface area contributed by atoms with E-state index in [1.807, 2.05) is 13.8 Å². The molecule has 0 spiro atoms. The Morgan fingerprint density at radius 1 is 1.15 bits per heavy atom. The van der Waals surface area contributed by atoms with Crippen molar-refractivity contribution in [2.75, 3.05) is 59.2 Å². The molecule has 2 aliphatic rings. The van der Waals surface area contributed by atoms with E-state index in [0.29, 0.717) is 38.3 Å². The van der Waals surface area contributed by atoms with E-state index in [0.717, 1.165) is 70.0 Å². The highest BCUT2D eigenvalue weighted by Gasteiger charge is 2.25. The van der Waals surface area contributed by atoms with Crippen molar-refractivity contribution in [1.29, 1.82) is 0 Å². The Hall–Kier alpha value is -0.980. The first kappa shape index (κ1) is 28.3. The largest absolute Gasteiger partial charge is 0.387 e. The van der Waals surface area contributed by atoms with E-state index in [2.05, 4.69) is 39.8 Å². The number of aliphatic imine (C=N–C) groups is 1. The SMILES string of the molecule is CCNC(=NCc1cccc(COC2CCOCC2)c1)NCC(C)(O)CN1CCOCC1.I. The molecule has 0 saturated carbocycles. The maximum absolute atomic E-state index is 10.8. The fourth-order valence-corrected chi connectivity index (χ4v) is 3.96. The van der Waals surface area contributed by atoms with Gasteiger partial charge < -0.3 is 30.0 Å². The fraction of sp³-hybridized carbons (Fsp3) is 0.708. The average molecular weight is 577 g/mol. The van der Waals surface area contributed by atoms with E-state index >= 15 is 0 Å². The third kappa shape index (κ3) is 10.9. The Kier molecular flexibility index (Phi) is 12.9. The molecule has 9 heteroatoms. The maximum Gasteiger partial charge on any atom is 0.191 e. The summed E-state index contributed by atoms with van der Waals surface area (Å²) in [5.74, 6) is 0.707. The van der Waals surface area contributed by atoms with Gasteiger partial charge in [0.05, 0.1) is 38.1 Å². The fourth-order valence-electron chi connectivity index (χ4n) is 3.96. The second kappa shape index (κ2) is 15.1. The van der Waals surface area contributed by atoms with Crippen molar-refractivity contribution in [2.24, 2.45) is 4.99 Å². The third-order valence-electron chi connectivity index (χ3n) is 5.71. The minimum atomic E-state index is -0.852. The predicted octanol–water partition coefficient (Wildman–Crippen LogP) is 2.14. The van der Waals surface area contributed by atoms with E-state index in [1.165, 1.54) is 0 Å². The monoisotopic (exact) mass is 576 g/mol. The van der Waals surface area contributed by atoms with Crippen LogP contribution in [0.25, 0.3) is 0 Å². The number of benzene rings is 1. The molecular weight excluding hydrogens is 535 g/mol. The summed E-state index contributed by atoms with van der Waals surface area (Å²) in [5.41, 5.74) is 1.44. The van der Waals surface area contributed by atoms with Crippen molar-refractivity contribution >= 4 is 29.9 Å². The number of β-amino-alcohol motifs (C(OH)–C–C–N with tert-alkyl or cyclic N) is 1. The van der Waals surface area contributed by atoms with Gasteiger partial charge in [-0.05, 0) is 37.8 Å². The van der Waals surface area contributed by atoms with Gasteiger partial charge in [0.1, 0.15) is 0 Å². The predicted molar refractivity (Wildman–Crippen MR) is 141 cm³/mol. The first-order valence-electron chi connectivity index (χ1n) is 11.9. The van der Waals surface area contributed by atoms with E-state index in [9.17, 15) is 5.11 Å². The van der Waals surface area contributed by atoms with Gasteiger partial charge in [-0.25, -0.2) is 4.99 Å². The molecule has 3 rings (SSSR count). The summed E-state index contributed by atoms with van der Waals surface area (Å²) < 4.78 is 16.8. The molecule has 2 saturated heterocycles. The standard InChI is InChI=1S/C24H40N4O4.HI/c1-3-25-23(27-18-24(2,29)19-28-9-13-31-14-10-28)26-16-20-5-4-6-21(15-20)17-32-22-7-11-30-12-8-22;/h4-6,15,22,29H,3,7-14,16-19H2,1-2H3,(H2,25,26,27);1H. The molecule has 1 unspecified atom stereocenters. The smallest absolute Gasteiger partial charge is 0.191 e. The molecule has 3 N–H and O–H groups in total. The Bertz CT molecular complexity index is 707. The number of nitrogens with one attached hydrogen (secondary N) is 2. The lowest BCUT2D eigenvalue weighted by Crippen LogP contribution is -2.52. The number of nitrogens with zero attached hydrogens (tertiary/aromatic N) is 2. The number of rotatable bonds is 10. The normalized spacial score (nSPS) is 20.0.